The van der Waals surface area contributed by atoms with Crippen molar-refractivity contribution >= 4 is 17.2 Å². The highest BCUT2D eigenvalue weighted by Crippen LogP contribution is 2.11. The monoisotopic (exact) mass is 251 g/mol. The first kappa shape index (κ1) is 11.7. The summed E-state index contributed by atoms with van der Waals surface area (Å²) in [6, 6.07) is 0. The summed E-state index contributed by atoms with van der Waals surface area (Å²) in [4.78, 5) is 20.9. The number of nitrogens with one attached hydrogen (secondary N) is 2. The lowest BCUT2D eigenvalue weighted by molar-refractivity contribution is 0.0941. The first-order valence-electron chi connectivity index (χ1n) is 5.29. The van der Waals surface area contributed by atoms with Crippen LogP contribution in [0.3, 0.4) is 0 Å². The van der Waals surface area contributed by atoms with Crippen LogP contribution >= 0.6 is 11.3 Å². The Hall–Kier alpha value is -1.76. The van der Waals surface area contributed by atoms with E-state index in [0.717, 1.165) is 17.0 Å². The standard InChI is InChI=1S/C10H13N5OS/c1-3-8-13-9(15-14-8)10(16)11-4-7-6(2)12-5-17-7/h5H,3-4H2,1-2H3,(H,11,16)(H,13,14,15). The van der Waals surface area contributed by atoms with Crippen molar-refractivity contribution in [3.05, 3.63) is 27.7 Å². The Balaban J connectivity index is 1.95. The van der Waals surface area contributed by atoms with Crippen molar-refractivity contribution in [3.8, 4) is 0 Å². The SMILES string of the molecule is CCc1nc(C(=O)NCc2scnc2C)n[nH]1. The lowest BCUT2D eigenvalue weighted by Gasteiger charge is -2.00. The number of amides is 1. The quantitative estimate of drug-likeness (QED) is 0.851. The molecule has 0 spiro atoms. The lowest BCUT2D eigenvalue weighted by atomic mass is 10.4. The van der Waals surface area contributed by atoms with Gasteiger partial charge in [-0.25, -0.2) is 9.97 Å². The van der Waals surface area contributed by atoms with Gasteiger partial charge in [-0.05, 0) is 6.92 Å². The van der Waals surface area contributed by atoms with E-state index in [9.17, 15) is 4.79 Å². The van der Waals surface area contributed by atoms with Crippen LogP contribution in [0.1, 0.15) is 33.9 Å². The molecule has 7 heteroatoms. The Morgan fingerprint density at radius 1 is 1.59 bits per heavy atom. The molecule has 2 heterocycles. The molecule has 0 aromatic carbocycles. The van der Waals surface area contributed by atoms with Crippen molar-refractivity contribution in [2.24, 2.45) is 0 Å². The summed E-state index contributed by atoms with van der Waals surface area (Å²) in [6.45, 7) is 4.33. The van der Waals surface area contributed by atoms with Crippen molar-refractivity contribution in [1.29, 1.82) is 0 Å². The molecule has 0 aliphatic heterocycles. The zero-order chi connectivity index (χ0) is 12.3. The third-order valence-electron chi connectivity index (χ3n) is 2.32. The van der Waals surface area contributed by atoms with Gasteiger partial charge in [-0.2, -0.15) is 0 Å². The van der Waals surface area contributed by atoms with E-state index in [2.05, 4.69) is 25.5 Å². The molecule has 0 atom stereocenters. The fraction of sp³-hybridized carbons (Fsp3) is 0.400. The number of H-pyrrole nitrogens is 1. The molecule has 0 saturated heterocycles. The van der Waals surface area contributed by atoms with Gasteiger partial charge in [-0.3, -0.25) is 9.89 Å². The van der Waals surface area contributed by atoms with Gasteiger partial charge < -0.3 is 5.32 Å². The highest BCUT2D eigenvalue weighted by molar-refractivity contribution is 7.09. The Kier molecular flexibility index (Phi) is 3.48. The van der Waals surface area contributed by atoms with Crippen molar-refractivity contribution in [2.45, 2.75) is 26.8 Å². The van der Waals surface area contributed by atoms with Crippen LogP contribution in [0.5, 0.6) is 0 Å². The van der Waals surface area contributed by atoms with Gasteiger partial charge in [0.2, 0.25) is 5.82 Å². The molecule has 0 unspecified atom stereocenters. The molecule has 2 aromatic heterocycles. The Morgan fingerprint density at radius 3 is 3.00 bits per heavy atom. The Labute approximate surface area is 103 Å². The van der Waals surface area contributed by atoms with Gasteiger partial charge in [0.15, 0.2) is 0 Å². The minimum atomic E-state index is -0.270. The second-order valence-electron chi connectivity index (χ2n) is 3.50. The van der Waals surface area contributed by atoms with Gasteiger partial charge in [0.1, 0.15) is 5.82 Å². The zero-order valence-electron chi connectivity index (χ0n) is 9.65. The maximum absolute atomic E-state index is 11.7. The average Bonchev–Trinajstić information content (AvgIpc) is 2.94. The molecule has 0 aliphatic rings. The van der Waals surface area contributed by atoms with E-state index < -0.39 is 0 Å². The normalized spacial score (nSPS) is 10.5. The third kappa shape index (κ3) is 2.68. The highest BCUT2D eigenvalue weighted by atomic mass is 32.1. The maximum Gasteiger partial charge on any atom is 0.291 e. The second kappa shape index (κ2) is 5.05. The fourth-order valence-corrected chi connectivity index (χ4v) is 2.01. The largest absolute Gasteiger partial charge is 0.344 e. The number of hydrogen-bond acceptors (Lipinski definition) is 5. The van der Waals surface area contributed by atoms with Crippen LogP contribution in [-0.2, 0) is 13.0 Å². The van der Waals surface area contributed by atoms with Crippen LogP contribution in [0.2, 0.25) is 0 Å². The smallest absolute Gasteiger partial charge is 0.291 e. The number of aromatic amines is 1. The van der Waals surface area contributed by atoms with E-state index in [4.69, 9.17) is 0 Å². The van der Waals surface area contributed by atoms with Gasteiger partial charge in [0.25, 0.3) is 5.91 Å². The number of carbonyl (C=O) groups excluding carboxylic acids is 1. The molecule has 90 valence electrons. The fourth-order valence-electron chi connectivity index (χ4n) is 1.29. The van der Waals surface area contributed by atoms with Crippen molar-refractivity contribution in [2.75, 3.05) is 0 Å². The van der Waals surface area contributed by atoms with Crippen molar-refractivity contribution in [3.63, 3.8) is 0 Å². The number of rotatable bonds is 4. The molecule has 2 rings (SSSR count). The molecular formula is C10H13N5OS. The first-order valence-corrected chi connectivity index (χ1v) is 6.17. The number of aryl methyl sites for hydroxylation is 2. The van der Waals surface area contributed by atoms with Crippen LogP contribution in [0, 0.1) is 6.92 Å². The minimum absolute atomic E-state index is 0.184. The number of thiazole rings is 1. The van der Waals surface area contributed by atoms with Gasteiger partial charge in [0, 0.05) is 11.3 Å². The van der Waals surface area contributed by atoms with Crippen molar-refractivity contribution in [1.82, 2.24) is 25.5 Å². The first-order chi connectivity index (χ1) is 8.20. The highest BCUT2D eigenvalue weighted by Gasteiger charge is 2.12. The second-order valence-corrected chi connectivity index (χ2v) is 4.44. The summed E-state index contributed by atoms with van der Waals surface area (Å²) in [6.07, 6.45) is 0.730. The molecule has 6 nitrogen and oxygen atoms in total. The molecule has 2 aromatic rings. The predicted octanol–water partition coefficient (Wildman–Crippen LogP) is 1.06. The summed E-state index contributed by atoms with van der Waals surface area (Å²) < 4.78 is 0. The molecule has 2 N–H and O–H groups in total. The van der Waals surface area contributed by atoms with Crippen LogP contribution in [0.25, 0.3) is 0 Å². The topological polar surface area (TPSA) is 83.6 Å². The summed E-state index contributed by atoms with van der Waals surface area (Å²) in [7, 11) is 0. The molecule has 1 amide bonds. The summed E-state index contributed by atoms with van der Waals surface area (Å²) in [5.74, 6) is 0.627. The van der Waals surface area contributed by atoms with Crippen LogP contribution < -0.4 is 5.32 Å². The van der Waals surface area contributed by atoms with E-state index in [1.807, 2.05) is 13.8 Å². The van der Waals surface area contributed by atoms with Gasteiger partial charge in [-0.15, -0.1) is 16.4 Å². The lowest BCUT2D eigenvalue weighted by Crippen LogP contribution is -2.24. The molecule has 17 heavy (non-hydrogen) atoms. The van der Waals surface area contributed by atoms with Gasteiger partial charge >= 0.3 is 0 Å². The Morgan fingerprint density at radius 2 is 2.41 bits per heavy atom. The number of carbonyl (C=O) groups is 1. The van der Waals surface area contributed by atoms with E-state index in [1.54, 1.807) is 5.51 Å². The van der Waals surface area contributed by atoms with E-state index >= 15 is 0 Å². The van der Waals surface area contributed by atoms with E-state index in [1.165, 1.54) is 11.3 Å². The molecule has 0 saturated carbocycles. The average molecular weight is 251 g/mol. The van der Waals surface area contributed by atoms with Gasteiger partial charge in [-0.1, -0.05) is 6.92 Å². The number of aromatic nitrogens is 4. The molecule has 0 fully saturated rings. The van der Waals surface area contributed by atoms with Gasteiger partial charge in [0.05, 0.1) is 17.7 Å². The number of hydrogen-bond donors (Lipinski definition) is 2. The zero-order valence-corrected chi connectivity index (χ0v) is 10.5. The Bertz CT molecular complexity index is 518. The van der Waals surface area contributed by atoms with Crippen LogP contribution in [-0.4, -0.2) is 26.1 Å². The summed E-state index contributed by atoms with van der Waals surface area (Å²) >= 11 is 1.52. The molecular weight excluding hydrogens is 238 g/mol. The summed E-state index contributed by atoms with van der Waals surface area (Å²) in [5.41, 5.74) is 2.71. The third-order valence-corrected chi connectivity index (χ3v) is 3.26. The maximum atomic E-state index is 11.7. The molecule has 0 radical (unpaired) electrons. The van der Waals surface area contributed by atoms with E-state index in [0.29, 0.717) is 12.4 Å². The minimum Gasteiger partial charge on any atom is -0.344 e. The van der Waals surface area contributed by atoms with Crippen LogP contribution in [0.4, 0.5) is 0 Å². The summed E-state index contributed by atoms with van der Waals surface area (Å²) in [5, 5.41) is 9.32. The molecule has 0 aliphatic carbocycles. The predicted molar refractivity (Wildman–Crippen MR) is 63.8 cm³/mol. The molecule has 0 bridgehead atoms. The number of nitrogens with zero attached hydrogens (tertiary/aromatic N) is 3. The van der Waals surface area contributed by atoms with Crippen molar-refractivity contribution < 1.29 is 4.79 Å². The van der Waals surface area contributed by atoms with Crippen LogP contribution in [0.15, 0.2) is 5.51 Å². The van der Waals surface area contributed by atoms with E-state index in [-0.39, 0.29) is 11.7 Å².